The summed E-state index contributed by atoms with van der Waals surface area (Å²) in [6.45, 7) is 2.77. The Bertz CT molecular complexity index is 791. The maximum atomic E-state index is 12.1. The molecule has 0 saturated heterocycles. The van der Waals surface area contributed by atoms with Crippen LogP contribution in [0.5, 0.6) is 0 Å². The highest BCUT2D eigenvalue weighted by atomic mass is 32.2. The summed E-state index contributed by atoms with van der Waals surface area (Å²) in [4.78, 5) is 24.0. The molecule has 1 aliphatic rings. The third kappa shape index (κ3) is 4.88. The van der Waals surface area contributed by atoms with E-state index < -0.39 is 0 Å². The summed E-state index contributed by atoms with van der Waals surface area (Å²) in [5.74, 6) is 1.90. The van der Waals surface area contributed by atoms with Crippen molar-refractivity contribution in [2.45, 2.75) is 31.6 Å². The maximum Gasteiger partial charge on any atom is 0.252 e. The Morgan fingerprint density at radius 1 is 1.19 bits per heavy atom. The molecule has 0 radical (unpaired) electrons. The Kier molecular flexibility index (Phi) is 6.34. The molecule has 1 heterocycles. The van der Waals surface area contributed by atoms with Gasteiger partial charge in [-0.25, -0.2) is 0 Å². The van der Waals surface area contributed by atoms with E-state index in [1.807, 2.05) is 30.0 Å². The molecule has 0 bridgehead atoms. The molecule has 2 amide bonds. The van der Waals surface area contributed by atoms with Crippen molar-refractivity contribution < 1.29 is 9.59 Å². The van der Waals surface area contributed by atoms with Crippen molar-refractivity contribution in [2.24, 2.45) is 0 Å². The summed E-state index contributed by atoms with van der Waals surface area (Å²) in [6, 6.07) is 15.8. The Morgan fingerprint density at radius 3 is 2.88 bits per heavy atom. The van der Waals surface area contributed by atoms with Crippen LogP contribution >= 0.6 is 11.8 Å². The zero-order chi connectivity index (χ0) is 18.4. The number of carbonyl (C=O) groups excluding carboxylic acids is 2. The van der Waals surface area contributed by atoms with Crippen molar-refractivity contribution in [3.63, 3.8) is 0 Å². The van der Waals surface area contributed by atoms with Crippen LogP contribution in [0.4, 0.5) is 0 Å². The first-order chi connectivity index (χ1) is 12.6. The van der Waals surface area contributed by atoms with Crippen molar-refractivity contribution in [1.29, 1.82) is 0 Å². The smallest absolute Gasteiger partial charge is 0.252 e. The zero-order valence-corrected chi connectivity index (χ0v) is 15.8. The van der Waals surface area contributed by atoms with Gasteiger partial charge in [-0.1, -0.05) is 48.0 Å². The first kappa shape index (κ1) is 18.5. The van der Waals surface area contributed by atoms with Gasteiger partial charge in [-0.2, -0.15) is 11.8 Å². The van der Waals surface area contributed by atoms with Crippen LogP contribution in [-0.2, 0) is 10.5 Å². The average Bonchev–Trinajstić information content (AvgIpc) is 2.94. The lowest BCUT2D eigenvalue weighted by Gasteiger charge is -2.12. The van der Waals surface area contributed by atoms with Crippen LogP contribution in [0.3, 0.4) is 0 Å². The molecule has 4 nitrogen and oxygen atoms in total. The number of thioether (sulfide) groups is 1. The van der Waals surface area contributed by atoms with E-state index in [1.54, 1.807) is 6.07 Å². The maximum absolute atomic E-state index is 12.1. The zero-order valence-electron chi connectivity index (χ0n) is 15.0. The van der Waals surface area contributed by atoms with Crippen molar-refractivity contribution in [3.05, 3.63) is 70.8 Å². The molecule has 0 fully saturated rings. The van der Waals surface area contributed by atoms with Gasteiger partial charge in [0.05, 0.1) is 12.5 Å². The fourth-order valence-electron chi connectivity index (χ4n) is 3.13. The second-order valence-electron chi connectivity index (χ2n) is 6.56. The van der Waals surface area contributed by atoms with E-state index in [-0.39, 0.29) is 17.9 Å². The molecule has 2 aromatic rings. The largest absolute Gasteiger partial charge is 0.356 e. The first-order valence-corrected chi connectivity index (χ1v) is 10.1. The van der Waals surface area contributed by atoms with Gasteiger partial charge in [0, 0.05) is 17.9 Å². The normalized spacial score (nSPS) is 15.4. The van der Waals surface area contributed by atoms with Crippen molar-refractivity contribution >= 4 is 23.6 Å². The third-order valence-electron chi connectivity index (χ3n) is 4.41. The van der Waals surface area contributed by atoms with Gasteiger partial charge in [0.2, 0.25) is 5.91 Å². The lowest BCUT2D eigenvalue weighted by atomic mass is 10.0. The van der Waals surface area contributed by atoms with Crippen LogP contribution in [0.15, 0.2) is 48.5 Å². The van der Waals surface area contributed by atoms with Gasteiger partial charge in [-0.15, -0.1) is 0 Å². The predicted octanol–water partition coefficient (Wildman–Crippen LogP) is 3.61. The monoisotopic (exact) mass is 368 g/mol. The standard InChI is InChI=1S/C21H24N2O2S/c1-15-6-4-7-16(12-15)14-26-11-5-10-22-20(24)13-19-17-8-2-3-9-18(17)21(25)23-19/h2-4,6-9,12,19H,5,10-11,13-14H2,1H3,(H,22,24)(H,23,25)/t19-/m0/s1. The molecule has 3 rings (SSSR count). The van der Waals surface area contributed by atoms with Crippen LogP contribution in [0.25, 0.3) is 0 Å². The number of hydrogen-bond acceptors (Lipinski definition) is 3. The number of amides is 2. The average molecular weight is 369 g/mol. The molecule has 0 saturated carbocycles. The summed E-state index contributed by atoms with van der Waals surface area (Å²) in [5.41, 5.74) is 4.23. The topological polar surface area (TPSA) is 58.2 Å². The summed E-state index contributed by atoms with van der Waals surface area (Å²) in [7, 11) is 0. The van der Waals surface area contributed by atoms with Crippen molar-refractivity contribution in [3.8, 4) is 0 Å². The minimum atomic E-state index is -0.214. The Balaban J connectivity index is 1.33. The number of rotatable bonds is 8. The molecule has 0 aromatic heterocycles. The minimum Gasteiger partial charge on any atom is -0.356 e. The van der Waals surface area contributed by atoms with Gasteiger partial charge < -0.3 is 10.6 Å². The molecule has 2 N–H and O–H groups in total. The van der Waals surface area contributed by atoms with Gasteiger partial charge >= 0.3 is 0 Å². The summed E-state index contributed by atoms with van der Waals surface area (Å²) < 4.78 is 0. The molecule has 136 valence electrons. The van der Waals surface area contributed by atoms with Crippen LogP contribution in [0.1, 0.15) is 45.9 Å². The molecular formula is C21H24N2O2S. The molecule has 2 aromatic carbocycles. The Morgan fingerprint density at radius 2 is 2.04 bits per heavy atom. The molecular weight excluding hydrogens is 344 g/mol. The molecule has 1 atom stereocenters. The highest BCUT2D eigenvalue weighted by molar-refractivity contribution is 7.98. The number of fused-ring (bicyclic) bond motifs is 1. The van der Waals surface area contributed by atoms with Gasteiger partial charge in [0.25, 0.3) is 5.91 Å². The molecule has 0 spiro atoms. The van der Waals surface area contributed by atoms with Crippen molar-refractivity contribution in [2.75, 3.05) is 12.3 Å². The Hall–Kier alpha value is -2.27. The van der Waals surface area contributed by atoms with Gasteiger partial charge in [0.1, 0.15) is 0 Å². The molecule has 0 aliphatic carbocycles. The molecule has 1 aliphatic heterocycles. The van der Waals surface area contributed by atoms with Crippen LogP contribution in [-0.4, -0.2) is 24.1 Å². The van der Waals surface area contributed by atoms with E-state index in [4.69, 9.17) is 0 Å². The van der Waals surface area contributed by atoms with E-state index in [1.165, 1.54) is 11.1 Å². The number of benzene rings is 2. The highest BCUT2D eigenvalue weighted by Crippen LogP contribution is 2.27. The van der Waals surface area contributed by atoms with E-state index in [0.29, 0.717) is 18.5 Å². The number of aryl methyl sites for hydroxylation is 1. The minimum absolute atomic E-state index is 0.0179. The number of carbonyl (C=O) groups is 2. The number of nitrogens with one attached hydrogen (secondary N) is 2. The van der Waals surface area contributed by atoms with Crippen LogP contribution < -0.4 is 10.6 Å². The lowest BCUT2D eigenvalue weighted by Crippen LogP contribution is -2.29. The van der Waals surface area contributed by atoms with Gasteiger partial charge in [0.15, 0.2) is 0 Å². The Labute approximate surface area is 158 Å². The van der Waals surface area contributed by atoms with Crippen LogP contribution in [0, 0.1) is 6.92 Å². The molecule has 0 unspecified atom stereocenters. The quantitative estimate of drug-likeness (QED) is 0.700. The number of hydrogen-bond donors (Lipinski definition) is 2. The fourth-order valence-corrected chi connectivity index (χ4v) is 4.04. The lowest BCUT2D eigenvalue weighted by molar-refractivity contribution is -0.121. The SMILES string of the molecule is Cc1cccc(CSCCCNC(=O)C[C@@H]2NC(=O)c3ccccc32)c1. The molecule has 5 heteroatoms. The summed E-state index contributed by atoms with van der Waals surface area (Å²) in [6.07, 6.45) is 1.23. The van der Waals surface area contributed by atoms with Crippen molar-refractivity contribution in [1.82, 2.24) is 10.6 Å². The van der Waals surface area contributed by atoms with E-state index in [0.717, 1.165) is 23.5 Å². The summed E-state index contributed by atoms with van der Waals surface area (Å²) >= 11 is 1.88. The fraction of sp³-hybridized carbons (Fsp3) is 0.333. The second-order valence-corrected chi connectivity index (χ2v) is 7.67. The van der Waals surface area contributed by atoms with E-state index in [2.05, 4.69) is 41.8 Å². The predicted molar refractivity (Wildman–Crippen MR) is 106 cm³/mol. The first-order valence-electron chi connectivity index (χ1n) is 8.93. The third-order valence-corrected chi connectivity index (χ3v) is 5.53. The van der Waals surface area contributed by atoms with Crippen LogP contribution in [0.2, 0.25) is 0 Å². The second kappa shape index (κ2) is 8.90. The van der Waals surface area contributed by atoms with E-state index >= 15 is 0 Å². The highest BCUT2D eigenvalue weighted by Gasteiger charge is 2.29. The van der Waals surface area contributed by atoms with Gasteiger partial charge in [-0.3, -0.25) is 9.59 Å². The molecule has 26 heavy (non-hydrogen) atoms. The summed E-state index contributed by atoms with van der Waals surface area (Å²) in [5, 5.41) is 5.84. The van der Waals surface area contributed by atoms with E-state index in [9.17, 15) is 9.59 Å². The van der Waals surface area contributed by atoms with Gasteiger partial charge in [-0.05, 0) is 36.3 Å².